The molecule has 0 bridgehead atoms. The van der Waals surface area contributed by atoms with E-state index in [9.17, 15) is 9.18 Å². The zero-order valence-electron chi connectivity index (χ0n) is 12.1. The SMILES string of the molecule is CCN(Cc1cccc(F)c1)C(=O)c1cc(C)cc(Br)c1. The zero-order chi connectivity index (χ0) is 15.4. The van der Waals surface area contributed by atoms with Gasteiger partial charge in [-0.1, -0.05) is 28.1 Å². The first-order valence-corrected chi connectivity index (χ1v) is 7.60. The zero-order valence-corrected chi connectivity index (χ0v) is 13.7. The van der Waals surface area contributed by atoms with E-state index in [0.717, 1.165) is 15.6 Å². The van der Waals surface area contributed by atoms with E-state index in [2.05, 4.69) is 15.9 Å². The van der Waals surface area contributed by atoms with Gasteiger partial charge in [0, 0.05) is 23.1 Å². The van der Waals surface area contributed by atoms with Crippen molar-refractivity contribution in [1.29, 1.82) is 0 Å². The molecule has 0 unspecified atom stereocenters. The molecule has 0 aliphatic carbocycles. The topological polar surface area (TPSA) is 20.3 Å². The molecular weight excluding hydrogens is 333 g/mol. The Morgan fingerprint density at radius 2 is 2.00 bits per heavy atom. The lowest BCUT2D eigenvalue weighted by Gasteiger charge is -2.21. The summed E-state index contributed by atoms with van der Waals surface area (Å²) < 4.78 is 14.1. The fourth-order valence-electron chi connectivity index (χ4n) is 2.23. The first kappa shape index (κ1) is 15.7. The van der Waals surface area contributed by atoms with Crippen LogP contribution < -0.4 is 0 Å². The van der Waals surface area contributed by atoms with Gasteiger partial charge in [-0.05, 0) is 55.3 Å². The van der Waals surface area contributed by atoms with Crippen molar-refractivity contribution in [3.63, 3.8) is 0 Å². The van der Waals surface area contributed by atoms with Crippen LogP contribution in [0, 0.1) is 12.7 Å². The number of aryl methyl sites for hydroxylation is 1. The second-order valence-corrected chi connectivity index (χ2v) is 5.88. The number of benzene rings is 2. The van der Waals surface area contributed by atoms with Crippen molar-refractivity contribution in [2.24, 2.45) is 0 Å². The molecule has 0 atom stereocenters. The van der Waals surface area contributed by atoms with E-state index in [1.807, 2.05) is 38.1 Å². The van der Waals surface area contributed by atoms with Crippen LogP contribution in [0.4, 0.5) is 4.39 Å². The molecule has 0 saturated heterocycles. The lowest BCUT2D eigenvalue weighted by molar-refractivity contribution is 0.0752. The van der Waals surface area contributed by atoms with Crippen LogP contribution in [0.3, 0.4) is 0 Å². The van der Waals surface area contributed by atoms with E-state index in [4.69, 9.17) is 0 Å². The lowest BCUT2D eigenvalue weighted by atomic mass is 10.1. The average molecular weight is 350 g/mol. The standard InChI is InChI=1S/C17H17BrFNO/c1-3-20(11-13-5-4-6-16(19)9-13)17(21)14-7-12(2)8-15(18)10-14/h4-10H,3,11H2,1-2H3. The summed E-state index contributed by atoms with van der Waals surface area (Å²) in [5.41, 5.74) is 2.45. The predicted octanol–water partition coefficient (Wildman–Crippen LogP) is 4.56. The monoisotopic (exact) mass is 349 g/mol. The summed E-state index contributed by atoms with van der Waals surface area (Å²) >= 11 is 3.41. The molecule has 0 aliphatic rings. The molecule has 2 aromatic carbocycles. The summed E-state index contributed by atoms with van der Waals surface area (Å²) in [6, 6.07) is 12.0. The number of rotatable bonds is 4. The number of carbonyl (C=O) groups excluding carboxylic acids is 1. The van der Waals surface area contributed by atoms with Gasteiger partial charge in [0.1, 0.15) is 5.82 Å². The van der Waals surface area contributed by atoms with Crippen LogP contribution >= 0.6 is 15.9 Å². The number of nitrogens with zero attached hydrogens (tertiary/aromatic N) is 1. The van der Waals surface area contributed by atoms with Gasteiger partial charge in [-0.25, -0.2) is 4.39 Å². The van der Waals surface area contributed by atoms with Crippen LogP contribution in [0.15, 0.2) is 46.9 Å². The second kappa shape index (κ2) is 6.85. The summed E-state index contributed by atoms with van der Waals surface area (Å²) in [6.07, 6.45) is 0. The van der Waals surface area contributed by atoms with Crippen LogP contribution in [0.2, 0.25) is 0 Å². The molecule has 0 aromatic heterocycles. The van der Waals surface area contributed by atoms with Gasteiger partial charge in [0.2, 0.25) is 0 Å². The molecule has 0 fully saturated rings. The summed E-state index contributed by atoms with van der Waals surface area (Å²) in [5, 5.41) is 0. The van der Waals surface area contributed by atoms with E-state index in [0.29, 0.717) is 18.7 Å². The summed E-state index contributed by atoms with van der Waals surface area (Å²) in [4.78, 5) is 14.3. The van der Waals surface area contributed by atoms with Crippen molar-refractivity contribution in [1.82, 2.24) is 4.90 Å². The Hall–Kier alpha value is -1.68. The minimum atomic E-state index is -0.283. The molecule has 0 radical (unpaired) electrons. The molecule has 0 N–H and O–H groups in total. The van der Waals surface area contributed by atoms with Gasteiger partial charge in [0.05, 0.1) is 0 Å². The fourth-order valence-corrected chi connectivity index (χ4v) is 2.83. The highest BCUT2D eigenvalue weighted by Gasteiger charge is 2.15. The highest BCUT2D eigenvalue weighted by Crippen LogP contribution is 2.18. The maximum atomic E-state index is 13.2. The van der Waals surface area contributed by atoms with Crippen molar-refractivity contribution >= 4 is 21.8 Å². The van der Waals surface area contributed by atoms with Gasteiger partial charge >= 0.3 is 0 Å². The molecular formula is C17H17BrFNO. The third kappa shape index (κ3) is 4.14. The third-order valence-corrected chi connectivity index (χ3v) is 3.68. The first-order chi connectivity index (χ1) is 9.99. The molecule has 4 heteroatoms. The Bertz CT molecular complexity index is 637. The molecule has 0 heterocycles. The van der Waals surface area contributed by atoms with Crippen molar-refractivity contribution < 1.29 is 9.18 Å². The molecule has 2 aromatic rings. The fraction of sp³-hybridized carbons (Fsp3) is 0.235. The molecule has 1 amide bonds. The van der Waals surface area contributed by atoms with Gasteiger partial charge in [-0.15, -0.1) is 0 Å². The van der Waals surface area contributed by atoms with E-state index in [1.165, 1.54) is 12.1 Å². The van der Waals surface area contributed by atoms with Crippen LogP contribution in [0.5, 0.6) is 0 Å². The summed E-state index contributed by atoms with van der Waals surface area (Å²) in [6.45, 7) is 4.84. The first-order valence-electron chi connectivity index (χ1n) is 6.80. The summed E-state index contributed by atoms with van der Waals surface area (Å²) in [5.74, 6) is -0.333. The van der Waals surface area contributed by atoms with E-state index in [1.54, 1.807) is 11.0 Å². The molecule has 2 nitrogen and oxygen atoms in total. The largest absolute Gasteiger partial charge is 0.335 e. The quantitative estimate of drug-likeness (QED) is 0.792. The van der Waals surface area contributed by atoms with Crippen molar-refractivity contribution in [3.8, 4) is 0 Å². The van der Waals surface area contributed by atoms with Crippen LogP contribution in [0.25, 0.3) is 0 Å². The highest BCUT2D eigenvalue weighted by atomic mass is 79.9. The van der Waals surface area contributed by atoms with Crippen molar-refractivity contribution in [2.75, 3.05) is 6.54 Å². The molecule has 0 saturated carbocycles. The van der Waals surface area contributed by atoms with Crippen LogP contribution in [0.1, 0.15) is 28.4 Å². The number of carbonyl (C=O) groups is 1. The van der Waals surface area contributed by atoms with E-state index in [-0.39, 0.29) is 11.7 Å². The smallest absolute Gasteiger partial charge is 0.254 e. The molecule has 0 aliphatic heterocycles. The van der Waals surface area contributed by atoms with Crippen LogP contribution in [-0.2, 0) is 6.54 Å². The summed E-state index contributed by atoms with van der Waals surface area (Å²) in [7, 11) is 0. The average Bonchev–Trinajstić information content (AvgIpc) is 2.43. The van der Waals surface area contributed by atoms with E-state index >= 15 is 0 Å². The van der Waals surface area contributed by atoms with Gasteiger partial charge in [-0.3, -0.25) is 4.79 Å². The highest BCUT2D eigenvalue weighted by molar-refractivity contribution is 9.10. The molecule has 2 rings (SSSR count). The van der Waals surface area contributed by atoms with Gasteiger partial charge in [0.25, 0.3) is 5.91 Å². The molecule has 110 valence electrons. The molecule has 0 spiro atoms. The second-order valence-electron chi connectivity index (χ2n) is 4.97. The lowest BCUT2D eigenvalue weighted by Crippen LogP contribution is -2.30. The Balaban J connectivity index is 2.22. The van der Waals surface area contributed by atoms with Crippen molar-refractivity contribution in [3.05, 3.63) is 69.4 Å². The van der Waals surface area contributed by atoms with E-state index < -0.39 is 0 Å². The number of amides is 1. The van der Waals surface area contributed by atoms with Gasteiger partial charge in [0.15, 0.2) is 0 Å². The third-order valence-electron chi connectivity index (χ3n) is 3.22. The minimum Gasteiger partial charge on any atom is -0.335 e. The Labute approximate surface area is 132 Å². The van der Waals surface area contributed by atoms with Gasteiger partial charge in [-0.2, -0.15) is 0 Å². The number of halogens is 2. The van der Waals surface area contributed by atoms with Crippen molar-refractivity contribution in [2.45, 2.75) is 20.4 Å². The predicted molar refractivity (Wildman–Crippen MR) is 85.7 cm³/mol. The maximum Gasteiger partial charge on any atom is 0.254 e. The Morgan fingerprint density at radius 3 is 2.62 bits per heavy atom. The Morgan fingerprint density at radius 1 is 1.24 bits per heavy atom. The maximum absolute atomic E-state index is 13.2. The number of hydrogen-bond donors (Lipinski definition) is 0. The number of hydrogen-bond acceptors (Lipinski definition) is 1. The minimum absolute atomic E-state index is 0.0499. The Kier molecular flexibility index (Phi) is 5.12. The normalized spacial score (nSPS) is 10.5. The molecule has 21 heavy (non-hydrogen) atoms. The van der Waals surface area contributed by atoms with Gasteiger partial charge < -0.3 is 4.90 Å². The van der Waals surface area contributed by atoms with Crippen LogP contribution in [-0.4, -0.2) is 17.4 Å².